The van der Waals surface area contributed by atoms with E-state index >= 15 is 0 Å². The molecule has 1 atom stereocenters. The molecule has 3 heteroatoms. The summed E-state index contributed by atoms with van der Waals surface area (Å²) >= 11 is 0. The van der Waals surface area contributed by atoms with Crippen LogP contribution >= 0.6 is 0 Å². The Morgan fingerprint density at radius 2 is 1.41 bits per heavy atom. The second kappa shape index (κ2) is 6.57. The fourth-order valence-corrected chi connectivity index (χ4v) is 13.9. The Kier molecular flexibility index (Phi) is 4.48. The zero-order valence-electron chi connectivity index (χ0n) is 16.8. The van der Waals surface area contributed by atoms with Crippen LogP contribution in [0.5, 0.6) is 0 Å². The maximum atomic E-state index is 13.4. The van der Waals surface area contributed by atoms with Crippen LogP contribution in [0.15, 0.2) is 82.7 Å². The first-order valence-corrected chi connectivity index (χ1v) is 15.7. The van der Waals surface area contributed by atoms with Crippen molar-refractivity contribution >= 4 is 32.3 Å². The van der Waals surface area contributed by atoms with Crippen LogP contribution < -0.4 is 10.4 Å². The Morgan fingerprint density at radius 1 is 0.889 bits per heavy atom. The van der Waals surface area contributed by atoms with E-state index in [1.807, 2.05) is 0 Å². The average molecular weight is 389 g/mol. The Morgan fingerprint density at radius 3 is 1.89 bits per heavy atom. The molecule has 27 heavy (non-hydrogen) atoms. The Labute approximate surface area is 164 Å². The predicted octanol–water partition coefficient (Wildman–Crippen LogP) is 4.51. The van der Waals surface area contributed by atoms with Crippen LogP contribution in [0.1, 0.15) is 13.3 Å². The van der Waals surface area contributed by atoms with Gasteiger partial charge in [-0.15, -0.1) is 0 Å². The molecule has 4 rings (SSSR count). The number of carbonyl (C=O) groups excluding carboxylic acids is 1. The molecular formula is C24H28OSi2. The number of hydrogen-bond donors (Lipinski definition) is 0. The van der Waals surface area contributed by atoms with Crippen molar-refractivity contribution in [1.82, 2.24) is 0 Å². The molecule has 1 nitrogen and oxygen atoms in total. The van der Waals surface area contributed by atoms with Crippen molar-refractivity contribution in [2.75, 3.05) is 0 Å². The van der Waals surface area contributed by atoms with Gasteiger partial charge in [-0.2, -0.15) is 0 Å². The Bertz CT molecular complexity index is 894. The van der Waals surface area contributed by atoms with E-state index in [0.29, 0.717) is 5.78 Å². The van der Waals surface area contributed by atoms with Gasteiger partial charge in [-0.1, -0.05) is 93.3 Å². The first-order chi connectivity index (χ1) is 12.9. The molecule has 0 fully saturated rings. The van der Waals surface area contributed by atoms with E-state index < -0.39 is 16.1 Å². The number of hydrogen-bond acceptors (Lipinski definition) is 1. The summed E-state index contributed by atoms with van der Waals surface area (Å²) in [5, 5.41) is 5.60. The predicted molar refractivity (Wildman–Crippen MR) is 120 cm³/mol. The van der Waals surface area contributed by atoms with Crippen LogP contribution in [0.25, 0.3) is 0 Å². The summed E-state index contributed by atoms with van der Waals surface area (Å²) in [6.07, 6.45) is 3.45. The van der Waals surface area contributed by atoms with Gasteiger partial charge >= 0.3 is 0 Å². The molecule has 1 heterocycles. The van der Waals surface area contributed by atoms with Crippen LogP contribution in [0.2, 0.25) is 25.7 Å². The number of rotatable bonds is 3. The number of ketones is 1. The minimum absolute atomic E-state index is 0.0290. The molecule has 1 aliphatic carbocycles. The van der Waals surface area contributed by atoms with Gasteiger partial charge < -0.3 is 0 Å². The quantitative estimate of drug-likeness (QED) is 0.707. The van der Waals surface area contributed by atoms with Gasteiger partial charge in [0.2, 0.25) is 0 Å². The Balaban J connectivity index is 2.12. The van der Waals surface area contributed by atoms with Crippen molar-refractivity contribution in [3.63, 3.8) is 0 Å². The van der Waals surface area contributed by atoms with Crippen LogP contribution in [0.4, 0.5) is 0 Å². The smallest absolute Gasteiger partial charge is 0.161 e. The summed E-state index contributed by atoms with van der Waals surface area (Å²) in [6, 6.07) is 23.3. The van der Waals surface area contributed by atoms with Crippen molar-refractivity contribution in [1.29, 1.82) is 0 Å². The molecule has 0 amide bonds. The van der Waals surface area contributed by atoms with Gasteiger partial charge in [-0.05, 0) is 38.8 Å². The third kappa shape index (κ3) is 2.76. The van der Waals surface area contributed by atoms with Gasteiger partial charge in [0.25, 0.3) is 0 Å². The Hall–Kier alpha value is -1.98. The molecule has 0 spiro atoms. The van der Waals surface area contributed by atoms with E-state index in [0.717, 1.165) is 12.5 Å². The zero-order chi connectivity index (χ0) is 19.2. The average Bonchev–Trinajstić information content (AvgIpc) is 2.94. The summed E-state index contributed by atoms with van der Waals surface area (Å²) in [6.45, 7) is 9.15. The third-order valence-corrected chi connectivity index (χ3v) is 13.6. The number of Topliss-reactive ketones (excluding diaryl/α,β-unsaturated/α-hetero) is 1. The van der Waals surface area contributed by atoms with Crippen molar-refractivity contribution in [3.05, 3.63) is 82.7 Å². The van der Waals surface area contributed by atoms with Crippen LogP contribution in [-0.2, 0) is 4.79 Å². The van der Waals surface area contributed by atoms with Gasteiger partial charge in [0, 0.05) is 5.92 Å². The summed E-state index contributed by atoms with van der Waals surface area (Å²) in [7, 11) is -3.96. The number of fused-ring (bicyclic) bond motifs is 1. The molecule has 0 saturated heterocycles. The lowest BCUT2D eigenvalue weighted by Crippen LogP contribution is -2.61. The zero-order valence-corrected chi connectivity index (χ0v) is 18.8. The van der Waals surface area contributed by atoms with E-state index in [1.165, 1.54) is 26.3 Å². The van der Waals surface area contributed by atoms with Gasteiger partial charge in [0.1, 0.15) is 8.07 Å². The standard InChI is InChI=1S/C24H28OSi2/c1-18-21-16-11-17-27(19-12-7-5-8-13-19,20-14-9-6-10-15-20)23(21)24(22(18)25)26(2,3)4/h5-10,12-16,18H,11,17H2,1-4H3. The maximum absolute atomic E-state index is 13.4. The molecule has 2 aliphatic rings. The summed E-state index contributed by atoms with van der Waals surface area (Å²) in [5.41, 5.74) is 1.35. The molecule has 0 saturated carbocycles. The highest BCUT2D eigenvalue weighted by Gasteiger charge is 2.52. The minimum atomic E-state index is -2.20. The van der Waals surface area contributed by atoms with Gasteiger partial charge in [0.05, 0.1) is 8.07 Å². The summed E-state index contributed by atoms with van der Waals surface area (Å²) in [5.74, 6) is 0.433. The van der Waals surface area contributed by atoms with Crippen molar-refractivity contribution < 1.29 is 4.79 Å². The molecule has 1 unspecified atom stereocenters. The summed E-state index contributed by atoms with van der Waals surface area (Å²) in [4.78, 5) is 13.4. The molecule has 2 aromatic rings. The SMILES string of the molecule is CC1C(=O)C([Si](C)(C)C)=C2C1=CCC[Si]2(c1ccccc1)c1ccccc1. The van der Waals surface area contributed by atoms with Gasteiger partial charge in [-0.25, -0.2) is 0 Å². The number of allylic oxidation sites excluding steroid dienone is 4. The lowest BCUT2D eigenvalue weighted by molar-refractivity contribution is -0.116. The van der Waals surface area contributed by atoms with E-state index in [4.69, 9.17) is 0 Å². The van der Waals surface area contributed by atoms with Gasteiger partial charge in [-0.3, -0.25) is 4.79 Å². The fourth-order valence-electron chi connectivity index (χ4n) is 5.08. The topological polar surface area (TPSA) is 17.1 Å². The molecule has 138 valence electrons. The largest absolute Gasteiger partial charge is 0.294 e. The number of benzene rings is 2. The molecule has 0 aromatic heterocycles. The third-order valence-electron chi connectivity index (χ3n) is 6.24. The molecule has 1 aliphatic heterocycles. The number of carbonyl (C=O) groups is 1. The second-order valence-corrected chi connectivity index (χ2v) is 17.9. The second-order valence-electron chi connectivity index (χ2n) is 8.92. The fraction of sp³-hybridized carbons (Fsp3) is 0.292. The normalized spacial score (nSPS) is 21.9. The van der Waals surface area contributed by atoms with E-state index in [1.54, 1.807) is 0 Å². The van der Waals surface area contributed by atoms with E-state index in [-0.39, 0.29) is 5.92 Å². The molecule has 0 radical (unpaired) electrons. The lowest BCUT2D eigenvalue weighted by Gasteiger charge is -2.40. The monoisotopic (exact) mass is 388 g/mol. The molecule has 0 bridgehead atoms. The molecule has 0 N–H and O–H groups in total. The molecular weight excluding hydrogens is 360 g/mol. The maximum Gasteiger partial charge on any atom is 0.161 e. The van der Waals surface area contributed by atoms with Crippen LogP contribution in [-0.4, -0.2) is 21.9 Å². The van der Waals surface area contributed by atoms with Crippen molar-refractivity contribution in [3.8, 4) is 0 Å². The lowest BCUT2D eigenvalue weighted by atomic mass is 10.0. The first-order valence-electron chi connectivity index (χ1n) is 9.98. The highest BCUT2D eigenvalue weighted by Crippen LogP contribution is 2.46. The van der Waals surface area contributed by atoms with E-state index in [2.05, 4.69) is 93.3 Å². The van der Waals surface area contributed by atoms with E-state index in [9.17, 15) is 4.79 Å². The molecule has 2 aromatic carbocycles. The highest BCUT2D eigenvalue weighted by molar-refractivity contribution is 7.10. The van der Waals surface area contributed by atoms with Gasteiger partial charge in [0.15, 0.2) is 5.78 Å². The van der Waals surface area contributed by atoms with Crippen LogP contribution in [0, 0.1) is 5.92 Å². The first kappa shape index (κ1) is 18.4. The highest BCUT2D eigenvalue weighted by atomic mass is 28.3. The summed E-state index contributed by atoms with van der Waals surface area (Å²) < 4.78 is 0. The van der Waals surface area contributed by atoms with Crippen molar-refractivity contribution in [2.45, 2.75) is 39.0 Å². The van der Waals surface area contributed by atoms with Crippen LogP contribution in [0.3, 0.4) is 0 Å². The van der Waals surface area contributed by atoms with Crippen molar-refractivity contribution in [2.24, 2.45) is 5.92 Å². The minimum Gasteiger partial charge on any atom is -0.294 e.